The average Bonchev–Trinajstić information content (AvgIpc) is 3.17. The zero-order chi connectivity index (χ0) is 18.8. The first-order valence-corrected chi connectivity index (χ1v) is 9.84. The molecule has 1 aliphatic rings. The molecule has 1 unspecified atom stereocenters. The van der Waals surface area contributed by atoms with E-state index in [4.69, 9.17) is 11.6 Å². The number of aromatic nitrogens is 3. The van der Waals surface area contributed by atoms with Crippen molar-refractivity contribution in [3.8, 4) is 0 Å². The Morgan fingerprint density at radius 3 is 2.59 bits per heavy atom. The van der Waals surface area contributed by atoms with Crippen molar-refractivity contribution in [1.29, 1.82) is 0 Å². The summed E-state index contributed by atoms with van der Waals surface area (Å²) in [5, 5.41) is 8.21. The van der Waals surface area contributed by atoms with Crippen LogP contribution in [0.2, 0.25) is 5.02 Å². The van der Waals surface area contributed by atoms with Crippen molar-refractivity contribution in [3.63, 3.8) is 0 Å². The Morgan fingerprint density at radius 1 is 1.11 bits per heavy atom. The fourth-order valence-electron chi connectivity index (χ4n) is 4.09. The van der Waals surface area contributed by atoms with Crippen molar-refractivity contribution in [3.05, 3.63) is 65.1 Å². The zero-order valence-electron chi connectivity index (χ0n) is 15.3. The number of nitrogens with zero attached hydrogens (tertiary/aromatic N) is 3. The Kier molecular flexibility index (Phi) is 5.12. The molecule has 1 aromatic carbocycles. The van der Waals surface area contributed by atoms with Gasteiger partial charge in [-0.05, 0) is 68.9 Å². The van der Waals surface area contributed by atoms with Gasteiger partial charge >= 0.3 is 0 Å². The predicted octanol–water partition coefficient (Wildman–Crippen LogP) is 4.48. The van der Waals surface area contributed by atoms with Gasteiger partial charge in [-0.2, -0.15) is 5.10 Å². The molecule has 1 fully saturated rings. The van der Waals surface area contributed by atoms with E-state index < -0.39 is 0 Å². The highest BCUT2D eigenvalue weighted by atomic mass is 35.5. The molecule has 0 radical (unpaired) electrons. The van der Waals surface area contributed by atoms with E-state index >= 15 is 0 Å². The number of nitrogens with one attached hydrogen (secondary N) is 1. The van der Waals surface area contributed by atoms with Crippen LogP contribution in [0, 0.1) is 5.92 Å². The minimum absolute atomic E-state index is 0.0336. The Balaban J connectivity index is 1.36. The molecule has 1 N–H and O–H groups in total. The van der Waals surface area contributed by atoms with E-state index in [1.54, 1.807) is 30.5 Å². The summed E-state index contributed by atoms with van der Waals surface area (Å²) in [6.45, 7) is 2.11. The second kappa shape index (κ2) is 7.69. The minimum Gasteiger partial charge on any atom is -0.349 e. The topological polar surface area (TPSA) is 59.3 Å². The van der Waals surface area contributed by atoms with Crippen molar-refractivity contribution in [1.82, 2.24) is 19.9 Å². The maximum Gasteiger partial charge on any atom is 0.251 e. The van der Waals surface area contributed by atoms with E-state index in [0.717, 1.165) is 31.3 Å². The molecule has 0 spiro atoms. The molecule has 0 saturated heterocycles. The fraction of sp³-hybridized carbons (Fsp3) is 0.381. The minimum atomic E-state index is -0.0336. The molecule has 27 heavy (non-hydrogen) atoms. The Labute approximate surface area is 163 Å². The molecule has 2 aromatic heterocycles. The second-order valence-corrected chi connectivity index (χ2v) is 7.79. The van der Waals surface area contributed by atoms with Gasteiger partial charge in [-0.25, -0.2) is 9.50 Å². The lowest BCUT2D eigenvalue weighted by Crippen LogP contribution is -2.39. The highest BCUT2D eigenvalue weighted by molar-refractivity contribution is 6.30. The van der Waals surface area contributed by atoms with Gasteiger partial charge in [-0.1, -0.05) is 11.6 Å². The maximum atomic E-state index is 12.4. The Morgan fingerprint density at radius 2 is 1.85 bits per heavy atom. The molecule has 1 amide bonds. The number of carbonyl (C=O) groups excluding carboxylic acids is 1. The van der Waals surface area contributed by atoms with Crippen molar-refractivity contribution >= 4 is 23.2 Å². The van der Waals surface area contributed by atoms with Gasteiger partial charge in [-0.3, -0.25) is 4.79 Å². The monoisotopic (exact) mass is 382 g/mol. The summed E-state index contributed by atoms with van der Waals surface area (Å²) in [6, 6.07) is 11.2. The second-order valence-electron chi connectivity index (χ2n) is 7.35. The number of rotatable bonds is 4. The SMILES string of the molecule is CC(NC(=O)c1ccc(Cl)cc1)C1CCC(c2ccnc3ccnn23)CC1. The molecule has 1 atom stereocenters. The standard InChI is InChI=1S/C21H23ClN4O/c1-14(25-21(27)17-6-8-18(22)9-7-17)15-2-4-16(5-3-15)19-10-12-23-20-11-13-24-26(19)20/h6-16H,2-5H2,1H3,(H,25,27). The van der Waals surface area contributed by atoms with Gasteiger partial charge in [0.05, 0.1) is 6.20 Å². The van der Waals surface area contributed by atoms with Crippen LogP contribution in [-0.4, -0.2) is 26.5 Å². The number of hydrogen-bond acceptors (Lipinski definition) is 3. The van der Waals surface area contributed by atoms with Crippen molar-refractivity contribution in [2.75, 3.05) is 0 Å². The number of halogens is 1. The van der Waals surface area contributed by atoms with E-state index in [9.17, 15) is 4.79 Å². The number of carbonyl (C=O) groups is 1. The van der Waals surface area contributed by atoms with Crippen LogP contribution >= 0.6 is 11.6 Å². The number of benzene rings is 1. The molecular formula is C21H23ClN4O. The molecule has 3 aromatic rings. The van der Waals surface area contributed by atoms with Crippen molar-refractivity contribution < 1.29 is 4.79 Å². The average molecular weight is 383 g/mol. The predicted molar refractivity (Wildman–Crippen MR) is 106 cm³/mol. The van der Waals surface area contributed by atoms with Gasteiger partial charge in [0.15, 0.2) is 5.65 Å². The first-order chi connectivity index (χ1) is 13.1. The van der Waals surface area contributed by atoms with E-state index in [-0.39, 0.29) is 11.9 Å². The molecule has 1 saturated carbocycles. The van der Waals surface area contributed by atoms with E-state index in [1.165, 1.54) is 5.69 Å². The first-order valence-electron chi connectivity index (χ1n) is 9.47. The molecule has 5 nitrogen and oxygen atoms in total. The highest BCUT2D eigenvalue weighted by Gasteiger charge is 2.28. The lowest BCUT2D eigenvalue weighted by atomic mass is 9.77. The molecule has 1 aliphatic carbocycles. The van der Waals surface area contributed by atoms with Crippen LogP contribution in [0.5, 0.6) is 0 Å². The van der Waals surface area contributed by atoms with Gasteiger partial charge in [0.25, 0.3) is 5.91 Å². The third kappa shape index (κ3) is 3.83. The molecule has 6 heteroatoms. The van der Waals surface area contributed by atoms with Crippen LogP contribution in [0.3, 0.4) is 0 Å². The number of hydrogen-bond donors (Lipinski definition) is 1. The van der Waals surface area contributed by atoms with Gasteiger partial charge in [0, 0.05) is 40.5 Å². The van der Waals surface area contributed by atoms with Crippen LogP contribution < -0.4 is 5.32 Å². The highest BCUT2D eigenvalue weighted by Crippen LogP contribution is 2.37. The Bertz CT molecular complexity index is 929. The smallest absolute Gasteiger partial charge is 0.251 e. The van der Waals surface area contributed by atoms with Gasteiger partial charge < -0.3 is 5.32 Å². The summed E-state index contributed by atoms with van der Waals surface area (Å²) in [5.41, 5.74) is 2.79. The Hall–Kier alpha value is -2.40. The summed E-state index contributed by atoms with van der Waals surface area (Å²) in [7, 11) is 0. The van der Waals surface area contributed by atoms with Crippen LogP contribution in [0.15, 0.2) is 48.8 Å². The third-order valence-corrected chi connectivity index (χ3v) is 5.93. The first kappa shape index (κ1) is 18.0. The molecule has 0 bridgehead atoms. The summed E-state index contributed by atoms with van der Waals surface area (Å²) in [5.74, 6) is 0.951. The van der Waals surface area contributed by atoms with Crippen molar-refractivity contribution in [2.24, 2.45) is 5.92 Å². The summed E-state index contributed by atoms with van der Waals surface area (Å²) >= 11 is 5.90. The fourth-order valence-corrected chi connectivity index (χ4v) is 4.21. The van der Waals surface area contributed by atoms with Gasteiger partial charge in [-0.15, -0.1) is 0 Å². The molecule has 0 aliphatic heterocycles. The molecule has 140 valence electrons. The lowest BCUT2D eigenvalue weighted by molar-refractivity contribution is 0.0917. The van der Waals surface area contributed by atoms with E-state index in [2.05, 4.69) is 28.4 Å². The van der Waals surface area contributed by atoms with Crippen LogP contribution in [-0.2, 0) is 0 Å². The van der Waals surface area contributed by atoms with Crippen LogP contribution in [0.1, 0.15) is 54.6 Å². The van der Waals surface area contributed by atoms with Crippen LogP contribution in [0.4, 0.5) is 0 Å². The largest absolute Gasteiger partial charge is 0.349 e. The van der Waals surface area contributed by atoms with Gasteiger partial charge in [0.2, 0.25) is 0 Å². The summed E-state index contributed by atoms with van der Waals surface area (Å²) in [4.78, 5) is 16.8. The molecule has 4 rings (SSSR count). The summed E-state index contributed by atoms with van der Waals surface area (Å²) in [6.07, 6.45) is 8.06. The van der Waals surface area contributed by atoms with E-state index in [0.29, 0.717) is 22.4 Å². The molecule has 2 heterocycles. The zero-order valence-corrected chi connectivity index (χ0v) is 16.1. The maximum absolute atomic E-state index is 12.4. The third-order valence-electron chi connectivity index (χ3n) is 5.68. The number of fused-ring (bicyclic) bond motifs is 1. The normalized spacial score (nSPS) is 21.1. The summed E-state index contributed by atoms with van der Waals surface area (Å²) < 4.78 is 1.96. The van der Waals surface area contributed by atoms with Gasteiger partial charge in [0.1, 0.15) is 0 Å². The van der Waals surface area contributed by atoms with Crippen LogP contribution in [0.25, 0.3) is 5.65 Å². The van der Waals surface area contributed by atoms with E-state index in [1.807, 2.05) is 16.8 Å². The van der Waals surface area contributed by atoms with Crippen molar-refractivity contribution in [2.45, 2.75) is 44.6 Å². The number of amides is 1. The molecular weight excluding hydrogens is 360 g/mol. The quantitative estimate of drug-likeness (QED) is 0.723. The lowest BCUT2D eigenvalue weighted by Gasteiger charge is -2.32.